The van der Waals surface area contributed by atoms with Crippen molar-refractivity contribution in [2.75, 3.05) is 13.2 Å². The molecule has 21 heavy (non-hydrogen) atoms. The van der Waals surface area contributed by atoms with E-state index < -0.39 is 41.8 Å². The molecule has 0 unspecified atom stereocenters. The fraction of sp³-hybridized carbons (Fsp3) is 0.929. The molecule has 0 aliphatic carbocycles. The minimum Gasteiger partial charge on any atom is -0.444 e. The lowest BCUT2D eigenvalue weighted by Crippen LogP contribution is -2.69. The first-order chi connectivity index (χ1) is 9.50. The molecule has 0 aromatic heterocycles. The van der Waals surface area contributed by atoms with E-state index in [2.05, 4.69) is 0 Å². The summed E-state index contributed by atoms with van der Waals surface area (Å²) in [7, 11) is 0. The Labute approximate surface area is 124 Å². The maximum atomic E-state index is 12.3. The zero-order chi connectivity index (χ0) is 16.0. The zero-order valence-electron chi connectivity index (χ0n) is 13.2. The minimum atomic E-state index is -1.08. The van der Waals surface area contributed by atoms with Gasteiger partial charge in [0.15, 0.2) is 5.79 Å². The van der Waals surface area contributed by atoms with E-state index >= 15 is 0 Å². The van der Waals surface area contributed by atoms with Gasteiger partial charge < -0.3 is 24.4 Å². The van der Waals surface area contributed by atoms with Gasteiger partial charge in [-0.25, -0.2) is 4.79 Å². The van der Waals surface area contributed by atoms with Crippen molar-refractivity contribution < 1.29 is 29.2 Å². The molecule has 0 bridgehead atoms. The van der Waals surface area contributed by atoms with E-state index in [1.807, 2.05) is 0 Å². The molecule has 7 heteroatoms. The molecule has 1 amide bonds. The first-order valence-electron chi connectivity index (χ1n) is 7.18. The molecular weight excluding hydrogens is 278 g/mol. The summed E-state index contributed by atoms with van der Waals surface area (Å²) < 4.78 is 16.6. The number of β-amino-alcohol motifs (C(OH)–C–C–N with tert-alkyl or cyclic N) is 1. The van der Waals surface area contributed by atoms with Crippen molar-refractivity contribution >= 4 is 6.09 Å². The molecule has 2 aliphatic heterocycles. The Morgan fingerprint density at radius 3 is 2.52 bits per heavy atom. The second-order valence-corrected chi connectivity index (χ2v) is 7.05. The maximum Gasteiger partial charge on any atom is 0.410 e. The summed E-state index contributed by atoms with van der Waals surface area (Å²) in [6.45, 7) is 8.99. The van der Waals surface area contributed by atoms with Gasteiger partial charge in [0.05, 0.1) is 19.2 Å². The summed E-state index contributed by atoms with van der Waals surface area (Å²) in [6.07, 6.45) is -3.38. The number of ether oxygens (including phenoxy) is 3. The third-order valence-corrected chi connectivity index (χ3v) is 3.54. The van der Waals surface area contributed by atoms with E-state index in [4.69, 9.17) is 14.2 Å². The topological polar surface area (TPSA) is 88.5 Å². The van der Waals surface area contributed by atoms with Crippen LogP contribution in [-0.4, -0.2) is 70.1 Å². The number of aliphatic hydroxyl groups excluding tert-OH is 2. The van der Waals surface area contributed by atoms with Gasteiger partial charge in [0.1, 0.15) is 23.9 Å². The van der Waals surface area contributed by atoms with Gasteiger partial charge in [0.2, 0.25) is 0 Å². The van der Waals surface area contributed by atoms with E-state index in [-0.39, 0.29) is 13.2 Å². The first-order valence-corrected chi connectivity index (χ1v) is 7.18. The monoisotopic (exact) mass is 303 g/mol. The fourth-order valence-corrected chi connectivity index (χ4v) is 2.58. The Morgan fingerprint density at radius 1 is 1.33 bits per heavy atom. The van der Waals surface area contributed by atoms with Crippen LogP contribution < -0.4 is 0 Å². The van der Waals surface area contributed by atoms with Gasteiger partial charge in [-0.3, -0.25) is 4.90 Å². The van der Waals surface area contributed by atoms with Gasteiger partial charge in [-0.15, -0.1) is 0 Å². The van der Waals surface area contributed by atoms with E-state index in [1.54, 1.807) is 34.6 Å². The zero-order valence-corrected chi connectivity index (χ0v) is 13.2. The van der Waals surface area contributed by atoms with E-state index in [0.29, 0.717) is 0 Å². The number of aliphatic hydroxyl groups is 2. The van der Waals surface area contributed by atoms with Crippen molar-refractivity contribution in [3.63, 3.8) is 0 Å². The lowest BCUT2D eigenvalue weighted by molar-refractivity contribution is -0.322. The number of carbonyl (C=O) groups excluding carboxylic acids is 1. The van der Waals surface area contributed by atoms with Crippen LogP contribution >= 0.6 is 0 Å². The summed E-state index contributed by atoms with van der Waals surface area (Å²) >= 11 is 0. The van der Waals surface area contributed by atoms with Crippen LogP contribution in [0.3, 0.4) is 0 Å². The first kappa shape index (κ1) is 16.5. The third-order valence-electron chi connectivity index (χ3n) is 3.54. The van der Waals surface area contributed by atoms with Crippen LogP contribution in [0.15, 0.2) is 0 Å². The SMILES string of the molecule is CC(C)(C)OC(=O)N1C[C@H](O)[C@H](O)[C@H]2OC(C)(C)OC[C@H]21. The van der Waals surface area contributed by atoms with Crippen molar-refractivity contribution in [3.05, 3.63) is 0 Å². The van der Waals surface area contributed by atoms with E-state index in [0.717, 1.165) is 0 Å². The number of amides is 1. The molecule has 0 spiro atoms. The van der Waals surface area contributed by atoms with E-state index in [9.17, 15) is 15.0 Å². The lowest BCUT2D eigenvalue weighted by atomic mass is 9.93. The molecule has 0 saturated carbocycles. The molecule has 4 atom stereocenters. The summed E-state index contributed by atoms with van der Waals surface area (Å²) in [6, 6.07) is -0.480. The largest absolute Gasteiger partial charge is 0.444 e. The highest BCUT2D eigenvalue weighted by atomic mass is 16.7. The summed E-state index contributed by atoms with van der Waals surface area (Å²) in [5, 5.41) is 20.1. The van der Waals surface area contributed by atoms with Crippen molar-refractivity contribution in [1.82, 2.24) is 4.90 Å². The molecule has 2 heterocycles. The smallest absolute Gasteiger partial charge is 0.410 e. The molecule has 2 aliphatic rings. The van der Waals surface area contributed by atoms with Crippen LogP contribution in [0.25, 0.3) is 0 Å². The Morgan fingerprint density at radius 2 is 1.95 bits per heavy atom. The summed E-state index contributed by atoms with van der Waals surface area (Å²) in [4.78, 5) is 13.7. The van der Waals surface area contributed by atoms with Gasteiger partial charge in [0.25, 0.3) is 0 Å². The highest BCUT2D eigenvalue weighted by molar-refractivity contribution is 5.69. The predicted octanol–water partition coefficient (Wildman–Crippen LogP) is 0.479. The second kappa shape index (κ2) is 5.39. The molecule has 122 valence electrons. The quantitative estimate of drug-likeness (QED) is 0.676. The summed E-state index contributed by atoms with van der Waals surface area (Å²) in [5.74, 6) is -0.862. The molecule has 0 aromatic carbocycles. The van der Waals surface area contributed by atoms with Crippen molar-refractivity contribution in [3.8, 4) is 0 Å². The van der Waals surface area contributed by atoms with Gasteiger partial charge in [0, 0.05) is 0 Å². The van der Waals surface area contributed by atoms with Gasteiger partial charge >= 0.3 is 6.09 Å². The van der Waals surface area contributed by atoms with Gasteiger partial charge in [-0.05, 0) is 34.6 Å². The number of likely N-dealkylation sites (tertiary alicyclic amines) is 1. The Balaban J connectivity index is 2.18. The molecule has 2 saturated heterocycles. The van der Waals surface area contributed by atoms with Crippen molar-refractivity contribution in [2.45, 2.75) is 70.4 Å². The number of fused-ring (bicyclic) bond motifs is 1. The maximum absolute atomic E-state index is 12.3. The van der Waals surface area contributed by atoms with Crippen LogP contribution in [0.5, 0.6) is 0 Å². The average Bonchev–Trinajstić information content (AvgIpc) is 2.31. The molecule has 2 fully saturated rings. The van der Waals surface area contributed by atoms with Crippen LogP contribution in [0, 0.1) is 0 Å². The Kier molecular flexibility index (Phi) is 4.23. The standard InChI is InChI=1S/C14H25NO6/c1-13(2,3)21-12(18)15-6-9(16)10(17)11-8(15)7-19-14(4,5)20-11/h8-11,16-17H,6-7H2,1-5H3/t8-,9+,10+,11+/m1/s1. The van der Waals surface area contributed by atoms with Gasteiger partial charge in [-0.2, -0.15) is 0 Å². The van der Waals surface area contributed by atoms with E-state index in [1.165, 1.54) is 4.90 Å². The predicted molar refractivity (Wildman–Crippen MR) is 73.6 cm³/mol. The fourth-order valence-electron chi connectivity index (χ4n) is 2.58. The van der Waals surface area contributed by atoms with Crippen LogP contribution in [0.4, 0.5) is 4.79 Å². The number of nitrogens with zero attached hydrogens (tertiary/aromatic N) is 1. The van der Waals surface area contributed by atoms with Crippen molar-refractivity contribution in [1.29, 1.82) is 0 Å². The highest BCUT2D eigenvalue weighted by Gasteiger charge is 2.51. The van der Waals surface area contributed by atoms with Crippen LogP contribution in [0.2, 0.25) is 0 Å². The van der Waals surface area contributed by atoms with Crippen LogP contribution in [0.1, 0.15) is 34.6 Å². The normalized spacial score (nSPS) is 36.0. The highest BCUT2D eigenvalue weighted by Crippen LogP contribution is 2.32. The van der Waals surface area contributed by atoms with Gasteiger partial charge in [-0.1, -0.05) is 0 Å². The molecule has 0 radical (unpaired) electrons. The van der Waals surface area contributed by atoms with Crippen LogP contribution in [-0.2, 0) is 14.2 Å². The Hall–Kier alpha value is -0.890. The number of hydrogen-bond donors (Lipinski definition) is 2. The van der Waals surface area contributed by atoms with Crippen molar-refractivity contribution in [2.24, 2.45) is 0 Å². The molecular formula is C14H25NO6. The molecule has 2 rings (SSSR count). The third kappa shape index (κ3) is 3.66. The molecule has 2 N–H and O–H groups in total. The number of rotatable bonds is 0. The molecule has 7 nitrogen and oxygen atoms in total. The minimum absolute atomic E-state index is 0.00953. The average molecular weight is 303 g/mol. The molecule has 0 aromatic rings. The number of carbonyl (C=O) groups is 1. The second-order valence-electron chi connectivity index (χ2n) is 7.05. The lowest BCUT2D eigenvalue weighted by Gasteiger charge is -2.51. The number of piperidine rings is 1. The Bertz CT molecular complexity index is 405. The summed E-state index contributed by atoms with van der Waals surface area (Å²) in [5.41, 5.74) is -0.636. The number of hydrogen-bond acceptors (Lipinski definition) is 6.